The van der Waals surface area contributed by atoms with Crippen molar-refractivity contribution in [2.24, 2.45) is 0 Å². The predicted octanol–water partition coefficient (Wildman–Crippen LogP) is 5.56. The number of fused-ring (bicyclic) bond motifs is 3. The minimum Gasteiger partial charge on any atom is -0.444 e. The van der Waals surface area contributed by atoms with Crippen LogP contribution in [-0.2, 0) is 16.2 Å². The van der Waals surface area contributed by atoms with Crippen LogP contribution in [0.1, 0.15) is 52.1 Å². The normalized spacial score (nSPS) is 22.3. The summed E-state index contributed by atoms with van der Waals surface area (Å²) in [5.74, 6) is 0.790. The molecule has 2 bridgehead atoms. The molecule has 0 spiro atoms. The van der Waals surface area contributed by atoms with Crippen LogP contribution in [-0.4, -0.2) is 59.0 Å². The van der Waals surface area contributed by atoms with Gasteiger partial charge >= 0.3 is 6.09 Å². The van der Waals surface area contributed by atoms with Gasteiger partial charge in [0.2, 0.25) is 0 Å². The highest BCUT2D eigenvalue weighted by atomic mass is 28.3. The van der Waals surface area contributed by atoms with E-state index in [2.05, 4.69) is 36.0 Å². The number of ether oxygens (including phenoxy) is 2. The quantitative estimate of drug-likeness (QED) is 0.397. The summed E-state index contributed by atoms with van der Waals surface area (Å²) < 4.78 is 13.5. The molecular formula is C26H39N5O3Si. The molecule has 9 heteroatoms. The van der Waals surface area contributed by atoms with E-state index in [0.717, 1.165) is 48.4 Å². The molecule has 3 atom stereocenters. The van der Waals surface area contributed by atoms with Gasteiger partial charge in [-0.15, -0.1) is 0 Å². The van der Waals surface area contributed by atoms with Crippen molar-refractivity contribution in [3.8, 4) is 6.07 Å². The second-order valence-corrected chi connectivity index (χ2v) is 17.8. The first-order chi connectivity index (χ1) is 16.4. The third-order valence-electron chi connectivity index (χ3n) is 6.81. The monoisotopic (exact) mass is 497 g/mol. The first-order valence-electron chi connectivity index (χ1n) is 12.7. The van der Waals surface area contributed by atoms with Crippen molar-refractivity contribution < 1.29 is 14.3 Å². The van der Waals surface area contributed by atoms with E-state index < -0.39 is 13.7 Å². The average molecular weight is 498 g/mol. The Balaban J connectivity index is 1.44. The summed E-state index contributed by atoms with van der Waals surface area (Å²) in [7, 11) is -1.17. The van der Waals surface area contributed by atoms with Crippen LogP contribution in [0.4, 0.5) is 10.6 Å². The molecule has 4 heterocycles. The minimum absolute atomic E-state index is 0.193. The molecule has 4 rings (SSSR count). The molecule has 8 nitrogen and oxygen atoms in total. The van der Waals surface area contributed by atoms with Crippen molar-refractivity contribution >= 4 is 30.9 Å². The predicted molar refractivity (Wildman–Crippen MR) is 140 cm³/mol. The molecule has 2 fully saturated rings. The van der Waals surface area contributed by atoms with E-state index in [1.807, 2.05) is 48.6 Å². The van der Waals surface area contributed by atoms with Gasteiger partial charge in [-0.3, -0.25) is 0 Å². The van der Waals surface area contributed by atoms with Crippen molar-refractivity contribution in [1.29, 1.82) is 5.26 Å². The maximum atomic E-state index is 12.7. The van der Waals surface area contributed by atoms with E-state index in [4.69, 9.17) is 9.47 Å². The summed E-state index contributed by atoms with van der Waals surface area (Å²) in [5, 5.41) is 14.2. The molecule has 2 aromatic rings. The number of hydrogen-bond acceptors (Lipinski definition) is 6. The van der Waals surface area contributed by atoms with Crippen molar-refractivity contribution in [2.75, 3.05) is 11.9 Å². The molecule has 1 N–H and O–H groups in total. The van der Waals surface area contributed by atoms with Crippen LogP contribution in [0.2, 0.25) is 25.7 Å². The zero-order valence-electron chi connectivity index (χ0n) is 21.9. The van der Waals surface area contributed by atoms with Crippen molar-refractivity contribution in [1.82, 2.24) is 14.5 Å². The lowest BCUT2D eigenvalue weighted by Gasteiger charge is -2.39. The van der Waals surface area contributed by atoms with Crippen molar-refractivity contribution in [3.63, 3.8) is 0 Å². The summed E-state index contributed by atoms with van der Waals surface area (Å²) in [4.78, 5) is 19.3. The Morgan fingerprint density at radius 1 is 1.23 bits per heavy atom. The van der Waals surface area contributed by atoms with E-state index >= 15 is 0 Å². The third kappa shape index (κ3) is 6.17. The Hall–Kier alpha value is -2.57. The Labute approximate surface area is 209 Å². The molecule has 2 aromatic heterocycles. The van der Waals surface area contributed by atoms with Crippen LogP contribution in [0, 0.1) is 11.3 Å². The Morgan fingerprint density at radius 3 is 2.51 bits per heavy atom. The van der Waals surface area contributed by atoms with E-state index in [1.165, 1.54) is 0 Å². The van der Waals surface area contributed by atoms with Crippen LogP contribution in [0.15, 0.2) is 18.3 Å². The molecule has 0 aromatic carbocycles. The zero-order valence-corrected chi connectivity index (χ0v) is 22.9. The Bertz CT molecular complexity index is 1100. The SMILES string of the molecule is CC(C)(C)OC(=O)N1[C@@H]2CC[C@H]1CC(Nc1cc3c(cn1)cc(C#N)n3COCC[Si](C)(C)C)C2. The van der Waals surface area contributed by atoms with Gasteiger partial charge in [0.15, 0.2) is 0 Å². The molecule has 2 aliphatic rings. The smallest absolute Gasteiger partial charge is 0.410 e. The van der Waals surface area contributed by atoms with Crippen LogP contribution < -0.4 is 5.32 Å². The lowest BCUT2D eigenvalue weighted by molar-refractivity contribution is 0.00682. The number of nitrogens with zero attached hydrogens (tertiary/aromatic N) is 4. The molecule has 0 saturated carbocycles. The summed E-state index contributed by atoms with van der Waals surface area (Å²) in [6.45, 7) is 13.8. The molecule has 2 aliphatic heterocycles. The third-order valence-corrected chi connectivity index (χ3v) is 8.51. The number of carbonyl (C=O) groups excluding carboxylic acids is 1. The van der Waals surface area contributed by atoms with Crippen molar-refractivity contribution in [3.05, 3.63) is 24.0 Å². The summed E-state index contributed by atoms with van der Waals surface area (Å²) >= 11 is 0. The highest BCUT2D eigenvalue weighted by molar-refractivity contribution is 6.76. The van der Waals surface area contributed by atoms with Gasteiger partial charge in [0.05, 0.1) is 5.52 Å². The Morgan fingerprint density at radius 2 is 1.91 bits per heavy atom. The molecule has 0 aliphatic carbocycles. The fourth-order valence-electron chi connectivity index (χ4n) is 5.12. The number of amides is 1. The maximum Gasteiger partial charge on any atom is 0.410 e. The number of piperidine rings is 1. The summed E-state index contributed by atoms with van der Waals surface area (Å²) in [6, 6.07) is 7.89. The standard InChI is InChI=1S/C26H39N5O3Si/c1-26(2,3)34-25(32)31-20-7-8-21(31)13-19(12-20)29-24-14-23-18(16-28-24)11-22(15-27)30(23)17-33-9-10-35(4,5)6/h11,14,16,19-21H,7-10,12-13,17H2,1-6H3,(H,28,29)/t19?,20-,21+. The fraction of sp³-hybridized carbons (Fsp3) is 0.654. The second kappa shape index (κ2) is 9.82. The summed E-state index contributed by atoms with van der Waals surface area (Å²) in [6.07, 6.45) is 5.40. The number of hydrogen-bond donors (Lipinski definition) is 1. The van der Waals surface area contributed by atoms with Crippen molar-refractivity contribution in [2.45, 2.75) is 103 Å². The van der Waals surface area contributed by atoms with Gasteiger partial charge in [-0.05, 0) is 58.6 Å². The first-order valence-corrected chi connectivity index (χ1v) is 16.4. The molecule has 1 unspecified atom stereocenters. The van der Waals surface area contributed by atoms with Gasteiger partial charge in [0.1, 0.15) is 29.9 Å². The van der Waals surface area contributed by atoms with Crippen LogP contribution in [0.5, 0.6) is 0 Å². The molecule has 1 amide bonds. The van der Waals surface area contributed by atoms with Gasteiger partial charge in [-0.25, -0.2) is 9.78 Å². The highest BCUT2D eigenvalue weighted by Gasteiger charge is 2.44. The largest absolute Gasteiger partial charge is 0.444 e. The van der Waals surface area contributed by atoms with E-state index in [0.29, 0.717) is 19.0 Å². The number of aromatic nitrogens is 2. The van der Waals surface area contributed by atoms with Crippen LogP contribution in [0.25, 0.3) is 10.9 Å². The number of anilines is 1. The topological polar surface area (TPSA) is 92.4 Å². The molecule has 2 saturated heterocycles. The van der Waals surface area contributed by atoms with E-state index in [9.17, 15) is 10.1 Å². The van der Waals surface area contributed by atoms with Gasteiger partial charge in [-0.2, -0.15) is 5.26 Å². The molecule has 0 radical (unpaired) electrons. The number of nitrogens with one attached hydrogen (secondary N) is 1. The van der Waals surface area contributed by atoms with E-state index in [-0.39, 0.29) is 24.2 Å². The number of carbonyl (C=O) groups is 1. The number of rotatable bonds is 7. The zero-order chi connectivity index (χ0) is 25.4. The molecular weight excluding hydrogens is 458 g/mol. The second-order valence-electron chi connectivity index (χ2n) is 12.1. The first kappa shape index (κ1) is 25.5. The number of pyridine rings is 1. The maximum absolute atomic E-state index is 12.7. The van der Waals surface area contributed by atoms with Gasteiger partial charge in [0, 0.05) is 50.5 Å². The molecule has 35 heavy (non-hydrogen) atoms. The lowest BCUT2D eigenvalue weighted by atomic mass is 9.97. The van der Waals surface area contributed by atoms with Gasteiger partial charge < -0.3 is 24.3 Å². The highest BCUT2D eigenvalue weighted by Crippen LogP contribution is 2.38. The fourth-order valence-corrected chi connectivity index (χ4v) is 5.87. The van der Waals surface area contributed by atoms with Crippen LogP contribution >= 0.6 is 0 Å². The number of nitriles is 1. The lowest BCUT2D eigenvalue weighted by Crippen LogP contribution is -2.51. The summed E-state index contributed by atoms with van der Waals surface area (Å²) in [5.41, 5.74) is 1.04. The average Bonchev–Trinajstić information content (AvgIpc) is 3.23. The van der Waals surface area contributed by atoms with Gasteiger partial charge in [0.25, 0.3) is 0 Å². The molecule has 190 valence electrons. The van der Waals surface area contributed by atoms with E-state index in [1.54, 1.807) is 0 Å². The minimum atomic E-state index is -1.17. The van der Waals surface area contributed by atoms with Crippen LogP contribution in [0.3, 0.4) is 0 Å². The Kier molecular flexibility index (Phi) is 7.16. The van der Waals surface area contributed by atoms with Gasteiger partial charge in [-0.1, -0.05) is 19.6 Å².